The van der Waals surface area contributed by atoms with E-state index in [1.807, 2.05) is 4.90 Å². The van der Waals surface area contributed by atoms with E-state index < -0.39 is 16.7 Å². The Hall–Kier alpha value is -3.05. The maximum atomic E-state index is 12.9. The van der Waals surface area contributed by atoms with E-state index in [0.717, 1.165) is 62.1 Å². The number of carbonyl (C=O) groups excluding carboxylic acids is 2. The van der Waals surface area contributed by atoms with Crippen LogP contribution in [0.25, 0.3) is 0 Å². The minimum Gasteiger partial charge on any atom is -0.366 e. The van der Waals surface area contributed by atoms with Gasteiger partial charge in [0.05, 0.1) is 10.5 Å². The van der Waals surface area contributed by atoms with Crippen LogP contribution in [0.15, 0.2) is 18.2 Å². The quantitative estimate of drug-likeness (QED) is 0.274. The summed E-state index contributed by atoms with van der Waals surface area (Å²) in [5.74, 6) is -0.615. The summed E-state index contributed by atoms with van der Waals surface area (Å²) in [6, 6.07) is 4.48. The Labute approximate surface area is 225 Å². The molecular weight excluding hydrogens is 510 g/mol. The van der Waals surface area contributed by atoms with Gasteiger partial charge in [0, 0.05) is 29.6 Å². The number of nitrogens with one attached hydrogen (secondary N) is 2. The summed E-state index contributed by atoms with van der Waals surface area (Å²) in [4.78, 5) is 39.6. The highest BCUT2D eigenvalue weighted by atomic mass is 32.1. The van der Waals surface area contributed by atoms with E-state index in [9.17, 15) is 19.7 Å². The fraction of sp³-hybridized carbons (Fsp3) is 0.500. The number of hydrogen-bond acceptors (Lipinski definition) is 7. The lowest BCUT2D eigenvalue weighted by molar-refractivity contribution is -0.384. The van der Waals surface area contributed by atoms with Crippen molar-refractivity contribution >= 4 is 56.9 Å². The van der Waals surface area contributed by atoms with E-state index in [0.29, 0.717) is 22.2 Å². The maximum Gasteiger partial charge on any atom is 0.293 e. The Morgan fingerprint density at radius 3 is 2.54 bits per heavy atom. The van der Waals surface area contributed by atoms with E-state index in [2.05, 4.69) is 31.4 Å². The molecule has 0 radical (unpaired) electrons. The van der Waals surface area contributed by atoms with Crippen molar-refractivity contribution in [2.75, 3.05) is 23.3 Å². The number of amides is 2. The number of thiocarbonyl (C=S) groups is 1. The van der Waals surface area contributed by atoms with Gasteiger partial charge in [0.15, 0.2) is 5.11 Å². The second-order valence-electron chi connectivity index (χ2n) is 10.8. The highest BCUT2D eigenvalue weighted by molar-refractivity contribution is 7.80. The lowest BCUT2D eigenvalue weighted by Crippen LogP contribution is -2.34. The number of rotatable bonds is 5. The third-order valence-electron chi connectivity index (χ3n) is 7.32. The Kier molecular flexibility index (Phi) is 7.84. The predicted octanol–water partition coefficient (Wildman–Crippen LogP) is 5.02. The molecule has 2 aromatic rings. The van der Waals surface area contributed by atoms with E-state index >= 15 is 0 Å². The van der Waals surface area contributed by atoms with Gasteiger partial charge in [-0.3, -0.25) is 25.0 Å². The van der Waals surface area contributed by atoms with Crippen molar-refractivity contribution in [2.24, 2.45) is 17.1 Å². The highest BCUT2D eigenvalue weighted by Gasteiger charge is 2.33. The molecule has 9 nitrogen and oxygen atoms in total. The van der Waals surface area contributed by atoms with Crippen LogP contribution in [0.4, 0.5) is 16.4 Å². The summed E-state index contributed by atoms with van der Waals surface area (Å²) in [5.41, 5.74) is 7.79. The van der Waals surface area contributed by atoms with Gasteiger partial charge in [-0.15, -0.1) is 11.3 Å². The molecular formula is C26H33N5O4S2. The van der Waals surface area contributed by atoms with Crippen molar-refractivity contribution in [3.8, 4) is 0 Å². The van der Waals surface area contributed by atoms with Crippen LogP contribution in [0.5, 0.6) is 0 Å². The van der Waals surface area contributed by atoms with E-state index in [4.69, 9.17) is 18.0 Å². The average Bonchev–Trinajstić information content (AvgIpc) is 3.20. The Morgan fingerprint density at radius 1 is 1.22 bits per heavy atom. The van der Waals surface area contributed by atoms with Crippen molar-refractivity contribution in [1.29, 1.82) is 0 Å². The first-order valence-electron chi connectivity index (χ1n) is 12.6. The molecule has 0 bridgehead atoms. The minimum absolute atomic E-state index is 0.00114. The zero-order valence-corrected chi connectivity index (χ0v) is 23.0. The van der Waals surface area contributed by atoms with Crippen LogP contribution in [-0.4, -0.2) is 34.9 Å². The molecule has 0 spiro atoms. The van der Waals surface area contributed by atoms with E-state index in [1.54, 1.807) is 12.1 Å². The van der Waals surface area contributed by atoms with Gasteiger partial charge in [0.25, 0.3) is 17.5 Å². The average molecular weight is 544 g/mol. The lowest BCUT2D eigenvalue weighted by atomic mass is 9.72. The molecule has 1 atom stereocenters. The summed E-state index contributed by atoms with van der Waals surface area (Å²) in [6.07, 6.45) is 5.67. The summed E-state index contributed by atoms with van der Waals surface area (Å²) in [5, 5.41) is 17.8. The van der Waals surface area contributed by atoms with Gasteiger partial charge in [0.2, 0.25) is 0 Å². The molecule has 2 aliphatic rings. The van der Waals surface area contributed by atoms with Gasteiger partial charge in [-0.25, -0.2) is 0 Å². The molecule has 0 saturated carbocycles. The van der Waals surface area contributed by atoms with Gasteiger partial charge in [0.1, 0.15) is 10.7 Å². The molecule has 1 fully saturated rings. The summed E-state index contributed by atoms with van der Waals surface area (Å²) in [6.45, 7) is 8.17. The number of anilines is 2. The number of carbonyl (C=O) groups is 2. The predicted molar refractivity (Wildman–Crippen MR) is 151 cm³/mol. The van der Waals surface area contributed by atoms with E-state index in [1.165, 1.54) is 17.4 Å². The molecule has 1 aliphatic carbocycles. The SMILES string of the molecule is CC(C)(C)[C@@H]1CCc2c(sc(NC(=S)NC(=O)c3ccc(N4CCCCC4)c([N+](=O)[O-])c3)c2C(N)=O)C1. The van der Waals surface area contributed by atoms with Crippen molar-refractivity contribution < 1.29 is 14.5 Å². The first-order chi connectivity index (χ1) is 17.5. The number of primary amides is 1. The zero-order valence-electron chi connectivity index (χ0n) is 21.4. The third kappa shape index (κ3) is 5.93. The first-order valence-corrected chi connectivity index (χ1v) is 13.8. The summed E-state index contributed by atoms with van der Waals surface area (Å²) < 4.78 is 0. The number of nitrogens with two attached hydrogens (primary N) is 1. The van der Waals surface area contributed by atoms with E-state index in [-0.39, 0.29) is 21.8 Å². The number of benzene rings is 1. The standard InChI is InChI=1S/C26H33N5O4S2/c1-26(2,3)16-8-9-17-20(14-16)37-24(21(17)22(27)32)29-25(36)28-23(33)15-7-10-18(19(13-15)31(34)35)30-11-5-4-6-12-30/h7,10,13,16H,4-6,8-9,11-12,14H2,1-3H3,(H2,27,32)(H2,28,29,33,36)/t16-/m1/s1. The summed E-state index contributed by atoms with van der Waals surface area (Å²) >= 11 is 6.80. The third-order valence-corrected chi connectivity index (χ3v) is 8.70. The fourth-order valence-electron chi connectivity index (χ4n) is 5.20. The van der Waals surface area contributed by atoms with Crippen molar-refractivity contribution in [1.82, 2.24) is 5.32 Å². The topological polar surface area (TPSA) is 131 Å². The molecule has 2 heterocycles. The number of nitro benzene ring substituents is 1. The van der Waals surface area contributed by atoms with Crippen LogP contribution in [0.2, 0.25) is 0 Å². The number of hydrogen-bond donors (Lipinski definition) is 3. The zero-order chi connectivity index (χ0) is 26.9. The molecule has 4 rings (SSSR count). The van der Waals surface area contributed by atoms with Crippen LogP contribution in [0, 0.1) is 21.4 Å². The lowest BCUT2D eigenvalue weighted by Gasteiger charge is -2.33. The minimum atomic E-state index is -0.569. The van der Waals surface area contributed by atoms with Gasteiger partial charge < -0.3 is 16.0 Å². The summed E-state index contributed by atoms with van der Waals surface area (Å²) in [7, 11) is 0. The number of piperidine rings is 1. The molecule has 37 heavy (non-hydrogen) atoms. The van der Waals surface area contributed by atoms with Crippen molar-refractivity contribution in [3.63, 3.8) is 0 Å². The highest BCUT2D eigenvalue weighted by Crippen LogP contribution is 2.44. The smallest absolute Gasteiger partial charge is 0.293 e. The molecule has 1 aliphatic heterocycles. The van der Waals surface area contributed by atoms with Gasteiger partial charge >= 0.3 is 0 Å². The molecule has 2 amide bonds. The Morgan fingerprint density at radius 2 is 1.92 bits per heavy atom. The first kappa shape index (κ1) is 27.0. The Balaban J connectivity index is 1.50. The maximum absolute atomic E-state index is 12.9. The molecule has 4 N–H and O–H groups in total. The molecule has 11 heteroatoms. The van der Waals surface area contributed by atoms with Crippen LogP contribution < -0.4 is 21.3 Å². The molecule has 1 aromatic carbocycles. The van der Waals surface area contributed by atoms with Crippen molar-refractivity contribution in [2.45, 2.75) is 59.3 Å². The number of nitrogens with zero attached hydrogens (tertiary/aromatic N) is 2. The largest absolute Gasteiger partial charge is 0.366 e. The molecule has 1 saturated heterocycles. The second-order valence-corrected chi connectivity index (χ2v) is 12.3. The molecule has 1 aromatic heterocycles. The van der Waals surface area contributed by atoms with Crippen molar-refractivity contribution in [3.05, 3.63) is 49.9 Å². The monoisotopic (exact) mass is 543 g/mol. The molecule has 198 valence electrons. The number of nitro groups is 1. The molecule has 0 unspecified atom stereocenters. The van der Waals surface area contributed by atoms with Gasteiger partial charge in [-0.05, 0) is 79.8 Å². The van der Waals surface area contributed by atoms with Gasteiger partial charge in [-0.2, -0.15) is 0 Å². The normalized spacial score (nSPS) is 17.6. The van der Waals surface area contributed by atoms with Gasteiger partial charge in [-0.1, -0.05) is 20.8 Å². The van der Waals surface area contributed by atoms with Crippen LogP contribution >= 0.6 is 23.6 Å². The number of fused-ring (bicyclic) bond motifs is 1. The van der Waals surface area contributed by atoms with Crippen LogP contribution in [0.3, 0.4) is 0 Å². The number of thiophene rings is 1. The Bertz CT molecular complexity index is 1240. The van der Waals surface area contributed by atoms with Crippen LogP contribution in [-0.2, 0) is 12.8 Å². The fourth-order valence-corrected chi connectivity index (χ4v) is 6.79. The van der Waals surface area contributed by atoms with Crippen LogP contribution in [0.1, 0.15) is 77.6 Å². The second kappa shape index (κ2) is 10.7.